The third kappa shape index (κ3) is 3.04. The lowest BCUT2D eigenvalue weighted by molar-refractivity contribution is -0.0297. The number of aromatic nitrogens is 4. The van der Waals surface area contributed by atoms with Crippen molar-refractivity contribution in [3.63, 3.8) is 0 Å². The van der Waals surface area contributed by atoms with E-state index < -0.39 is 24.5 Å². The minimum Gasteiger partial charge on any atom is -0.388 e. The van der Waals surface area contributed by atoms with Gasteiger partial charge in [-0.25, -0.2) is 9.97 Å². The van der Waals surface area contributed by atoms with Crippen LogP contribution in [0.2, 0.25) is 0 Å². The molecule has 136 valence electrons. The molecule has 1 fully saturated rings. The summed E-state index contributed by atoms with van der Waals surface area (Å²) in [7, 11) is 0. The highest BCUT2D eigenvalue weighted by molar-refractivity contribution is 14.1. The molecule has 4 rings (SSSR count). The topological polar surface area (TPSA) is 105 Å². The van der Waals surface area contributed by atoms with Crippen molar-refractivity contribution in [1.29, 1.82) is 0 Å². The van der Waals surface area contributed by atoms with Crippen molar-refractivity contribution >= 4 is 39.4 Å². The van der Waals surface area contributed by atoms with Crippen LogP contribution in [0, 0.1) is 3.57 Å². The fourth-order valence-electron chi connectivity index (χ4n) is 3.10. The Bertz CT molecular complexity index is 919. The molecular formula is C17H18IN5O3. The number of nitrogens with one attached hydrogen (secondary N) is 1. The predicted molar refractivity (Wildman–Crippen MR) is 103 cm³/mol. The largest absolute Gasteiger partial charge is 0.388 e. The highest BCUT2D eigenvalue weighted by Crippen LogP contribution is 2.35. The molecule has 4 atom stereocenters. The number of halogens is 1. The number of aliphatic hydroxyl groups is 2. The summed E-state index contributed by atoms with van der Waals surface area (Å²) in [5.74, 6) is 0.685. The van der Waals surface area contributed by atoms with Crippen LogP contribution in [0.3, 0.4) is 0 Å². The molecule has 1 aliphatic heterocycles. The second-order valence-electron chi connectivity index (χ2n) is 6.19. The molecule has 3 N–H and O–H groups in total. The minimum absolute atomic E-state index is 0.450. The first-order valence-electron chi connectivity index (χ1n) is 8.22. The molecule has 0 amide bonds. The molecule has 0 radical (unpaired) electrons. The molecule has 0 aliphatic carbocycles. The second-order valence-corrected chi connectivity index (χ2v) is 7.35. The van der Waals surface area contributed by atoms with Gasteiger partial charge in [0.1, 0.15) is 30.0 Å². The average Bonchev–Trinajstić information content (AvgIpc) is 3.13. The third-order valence-electron chi connectivity index (χ3n) is 4.48. The second kappa shape index (κ2) is 7.06. The number of ether oxygens (including phenoxy) is 1. The summed E-state index contributed by atoms with van der Waals surface area (Å²) in [6, 6.07) is 5.75. The Morgan fingerprint density at radius 3 is 2.77 bits per heavy atom. The van der Waals surface area contributed by atoms with E-state index >= 15 is 0 Å². The smallest absolute Gasteiger partial charge is 0.164 e. The van der Waals surface area contributed by atoms with Gasteiger partial charge in [0, 0.05) is 16.0 Å². The molecule has 8 nitrogen and oxygen atoms in total. The number of pyridine rings is 1. The summed E-state index contributed by atoms with van der Waals surface area (Å²) >= 11 is 2.21. The van der Waals surface area contributed by atoms with Crippen LogP contribution >= 0.6 is 22.6 Å². The van der Waals surface area contributed by atoms with Gasteiger partial charge in [-0.15, -0.1) is 0 Å². The van der Waals surface area contributed by atoms with Crippen molar-refractivity contribution in [2.75, 3.05) is 5.32 Å². The SMILES string of the molecule is C[C@H]1O[C@@H](n2cc(I)c3c(NCc4ccccn4)ncnc32)[C@H](O)[C@@H]1O. The molecule has 0 unspecified atom stereocenters. The van der Waals surface area contributed by atoms with Crippen LogP contribution in [-0.2, 0) is 11.3 Å². The highest BCUT2D eigenvalue weighted by atomic mass is 127. The van der Waals surface area contributed by atoms with Crippen molar-refractivity contribution < 1.29 is 14.9 Å². The van der Waals surface area contributed by atoms with Gasteiger partial charge < -0.3 is 24.8 Å². The number of hydrogen-bond donors (Lipinski definition) is 3. The quantitative estimate of drug-likeness (QED) is 0.502. The van der Waals surface area contributed by atoms with Crippen molar-refractivity contribution in [2.24, 2.45) is 0 Å². The third-order valence-corrected chi connectivity index (χ3v) is 5.30. The van der Waals surface area contributed by atoms with E-state index in [2.05, 4.69) is 42.9 Å². The molecule has 0 spiro atoms. The molecule has 0 saturated carbocycles. The van der Waals surface area contributed by atoms with E-state index in [4.69, 9.17) is 4.74 Å². The number of nitrogens with zero attached hydrogens (tertiary/aromatic N) is 4. The van der Waals surface area contributed by atoms with E-state index in [1.54, 1.807) is 17.7 Å². The zero-order valence-corrected chi connectivity index (χ0v) is 16.1. The van der Waals surface area contributed by atoms with Gasteiger partial charge >= 0.3 is 0 Å². The molecule has 3 aromatic rings. The number of aliphatic hydroxyl groups excluding tert-OH is 2. The Morgan fingerprint density at radius 2 is 2.08 bits per heavy atom. The van der Waals surface area contributed by atoms with Crippen LogP contribution in [0.1, 0.15) is 18.8 Å². The zero-order chi connectivity index (χ0) is 18.3. The van der Waals surface area contributed by atoms with Crippen molar-refractivity contribution in [2.45, 2.75) is 38.0 Å². The van der Waals surface area contributed by atoms with E-state index in [1.165, 1.54) is 6.33 Å². The van der Waals surface area contributed by atoms with Crippen molar-refractivity contribution in [3.05, 3.63) is 46.2 Å². The maximum atomic E-state index is 10.3. The van der Waals surface area contributed by atoms with E-state index in [1.807, 2.05) is 24.4 Å². The lowest BCUT2D eigenvalue weighted by atomic mass is 10.1. The fraction of sp³-hybridized carbons (Fsp3) is 0.353. The molecule has 0 bridgehead atoms. The van der Waals surface area contributed by atoms with Crippen molar-refractivity contribution in [3.8, 4) is 0 Å². The standard InChI is InChI=1S/C17H18IN5O3/c1-9-13(24)14(25)17(26-9)23-7-11(18)12-15(21-8-22-16(12)23)20-6-10-4-2-3-5-19-10/h2-5,7-9,13-14,17,24-25H,6H2,1H3,(H,20,21,22)/t9-,13-,14-,17-/m1/s1. The number of rotatable bonds is 4. The lowest BCUT2D eigenvalue weighted by Crippen LogP contribution is -2.30. The van der Waals surface area contributed by atoms with Gasteiger partial charge in [0.25, 0.3) is 0 Å². The summed E-state index contributed by atoms with van der Waals surface area (Å²) < 4.78 is 8.41. The number of anilines is 1. The summed E-state index contributed by atoms with van der Waals surface area (Å²) in [5, 5.41) is 24.4. The van der Waals surface area contributed by atoms with Gasteiger partial charge in [-0.2, -0.15) is 0 Å². The molecule has 9 heteroatoms. The van der Waals surface area contributed by atoms with Gasteiger partial charge in [-0.05, 0) is 41.6 Å². The van der Waals surface area contributed by atoms with Crippen molar-refractivity contribution in [1.82, 2.24) is 19.5 Å². The monoisotopic (exact) mass is 467 g/mol. The van der Waals surface area contributed by atoms with Crippen LogP contribution in [0.4, 0.5) is 5.82 Å². The van der Waals surface area contributed by atoms with Crippen LogP contribution in [-0.4, -0.2) is 48.0 Å². The van der Waals surface area contributed by atoms with Gasteiger partial charge in [0.2, 0.25) is 0 Å². The van der Waals surface area contributed by atoms with E-state index in [0.29, 0.717) is 18.0 Å². The molecule has 26 heavy (non-hydrogen) atoms. The van der Waals surface area contributed by atoms with Crippen LogP contribution in [0.5, 0.6) is 0 Å². The Kier molecular flexibility index (Phi) is 4.78. The predicted octanol–water partition coefficient (Wildman–Crippen LogP) is 1.68. The van der Waals surface area contributed by atoms with Gasteiger partial charge in [0.05, 0.1) is 23.7 Å². The van der Waals surface area contributed by atoms with Gasteiger partial charge in [-0.3, -0.25) is 4.98 Å². The molecule has 4 heterocycles. The van der Waals surface area contributed by atoms with E-state index in [-0.39, 0.29) is 0 Å². The first-order chi connectivity index (χ1) is 12.6. The molecular weight excluding hydrogens is 449 g/mol. The summed E-state index contributed by atoms with van der Waals surface area (Å²) in [4.78, 5) is 13.0. The Hall–Kier alpha value is -1.82. The Balaban J connectivity index is 1.68. The Morgan fingerprint density at radius 1 is 1.23 bits per heavy atom. The normalized spacial score (nSPS) is 25.7. The maximum Gasteiger partial charge on any atom is 0.164 e. The fourth-order valence-corrected chi connectivity index (χ4v) is 3.90. The molecule has 0 aromatic carbocycles. The van der Waals surface area contributed by atoms with E-state index in [0.717, 1.165) is 14.7 Å². The summed E-state index contributed by atoms with van der Waals surface area (Å²) in [5.41, 5.74) is 1.54. The number of fused-ring (bicyclic) bond motifs is 1. The zero-order valence-electron chi connectivity index (χ0n) is 14.0. The highest BCUT2D eigenvalue weighted by Gasteiger charge is 2.42. The van der Waals surface area contributed by atoms with Crippen LogP contribution < -0.4 is 5.32 Å². The average molecular weight is 467 g/mol. The maximum absolute atomic E-state index is 10.3. The van der Waals surface area contributed by atoms with Crippen LogP contribution in [0.15, 0.2) is 36.9 Å². The Labute approximate surface area is 163 Å². The first kappa shape index (κ1) is 17.6. The first-order valence-corrected chi connectivity index (χ1v) is 9.30. The van der Waals surface area contributed by atoms with Gasteiger partial charge in [0.15, 0.2) is 6.23 Å². The van der Waals surface area contributed by atoms with Crippen LogP contribution in [0.25, 0.3) is 11.0 Å². The molecule has 3 aromatic heterocycles. The molecule has 1 aliphatic rings. The lowest BCUT2D eigenvalue weighted by Gasteiger charge is -2.17. The van der Waals surface area contributed by atoms with Gasteiger partial charge in [-0.1, -0.05) is 6.07 Å². The minimum atomic E-state index is -1.02. The number of hydrogen-bond acceptors (Lipinski definition) is 7. The van der Waals surface area contributed by atoms with E-state index in [9.17, 15) is 10.2 Å². The molecule has 1 saturated heterocycles. The summed E-state index contributed by atoms with van der Waals surface area (Å²) in [6.45, 7) is 2.27. The summed E-state index contributed by atoms with van der Waals surface area (Å²) in [6.07, 6.45) is 1.98.